The summed E-state index contributed by atoms with van der Waals surface area (Å²) in [7, 11) is 0. The van der Waals surface area contributed by atoms with Crippen LogP contribution < -0.4 is 10.6 Å². The van der Waals surface area contributed by atoms with Crippen LogP contribution in [0.4, 0.5) is 11.8 Å². The van der Waals surface area contributed by atoms with Crippen LogP contribution in [0.25, 0.3) is 22.3 Å². The van der Waals surface area contributed by atoms with Gasteiger partial charge in [0.25, 0.3) is 0 Å². The molecule has 3 heterocycles. The molecule has 0 unspecified atom stereocenters. The zero-order valence-corrected chi connectivity index (χ0v) is 15.7. The zero-order chi connectivity index (χ0) is 18.3. The number of aromatic nitrogens is 4. The first-order valence-corrected chi connectivity index (χ1v) is 9.32. The summed E-state index contributed by atoms with van der Waals surface area (Å²) >= 11 is 0. The van der Waals surface area contributed by atoms with E-state index in [1.165, 1.54) is 19.3 Å². The minimum atomic E-state index is -0.218. The third kappa shape index (κ3) is 2.89. The Labute approximate surface area is 154 Å². The SMILES string of the molecule is CC(C)(C)n1nc2nc(N3CCCCC3)nc(-c3ccccc3)c2c1N. The molecule has 0 amide bonds. The highest BCUT2D eigenvalue weighted by atomic mass is 15.4. The molecular weight excluding hydrogens is 324 g/mol. The van der Waals surface area contributed by atoms with E-state index in [9.17, 15) is 0 Å². The Morgan fingerprint density at radius 1 is 0.962 bits per heavy atom. The molecule has 2 aromatic heterocycles. The van der Waals surface area contributed by atoms with E-state index in [1.54, 1.807) is 0 Å². The van der Waals surface area contributed by atoms with Crippen molar-refractivity contribution in [3.05, 3.63) is 30.3 Å². The second-order valence-electron chi connectivity index (χ2n) is 7.95. The first kappa shape index (κ1) is 16.8. The summed E-state index contributed by atoms with van der Waals surface area (Å²) in [6.07, 6.45) is 3.64. The molecule has 0 bridgehead atoms. The molecule has 0 atom stereocenters. The first-order valence-electron chi connectivity index (χ1n) is 9.32. The Kier molecular flexibility index (Phi) is 4.05. The molecule has 1 saturated heterocycles. The van der Waals surface area contributed by atoms with Gasteiger partial charge in [-0.3, -0.25) is 0 Å². The molecule has 3 aromatic rings. The van der Waals surface area contributed by atoms with Gasteiger partial charge in [0.2, 0.25) is 5.95 Å². The lowest BCUT2D eigenvalue weighted by Gasteiger charge is -2.26. The first-order chi connectivity index (χ1) is 12.4. The van der Waals surface area contributed by atoms with Crippen molar-refractivity contribution in [1.29, 1.82) is 0 Å². The van der Waals surface area contributed by atoms with Crippen LogP contribution in [0, 0.1) is 0 Å². The van der Waals surface area contributed by atoms with Gasteiger partial charge in [-0.15, -0.1) is 5.10 Å². The number of nitrogens with two attached hydrogens (primary N) is 1. The number of hydrogen-bond donors (Lipinski definition) is 1. The molecule has 1 aromatic carbocycles. The molecule has 1 aliphatic heterocycles. The molecular formula is C20H26N6. The maximum Gasteiger partial charge on any atom is 0.228 e. The summed E-state index contributed by atoms with van der Waals surface area (Å²) in [6.45, 7) is 8.27. The number of piperidine rings is 1. The summed E-state index contributed by atoms with van der Waals surface area (Å²) < 4.78 is 1.86. The van der Waals surface area contributed by atoms with E-state index in [1.807, 2.05) is 22.9 Å². The van der Waals surface area contributed by atoms with Crippen LogP contribution in [0.2, 0.25) is 0 Å². The summed E-state index contributed by atoms with van der Waals surface area (Å²) in [5.74, 6) is 1.38. The van der Waals surface area contributed by atoms with E-state index in [4.69, 9.17) is 20.8 Å². The number of fused-ring (bicyclic) bond motifs is 1. The lowest BCUT2D eigenvalue weighted by molar-refractivity contribution is 0.364. The van der Waals surface area contributed by atoms with Crippen LogP contribution in [-0.2, 0) is 5.54 Å². The molecule has 0 saturated carbocycles. The van der Waals surface area contributed by atoms with Crippen molar-refractivity contribution in [2.45, 2.75) is 45.6 Å². The number of nitrogen functional groups attached to an aromatic ring is 1. The fraction of sp³-hybridized carbons (Fsp3) is 0.450. The number of rotatable bonds is 2. The van der Waals surface area contributed by atoms with Gasteiger partial charge in [0, 0.05) is 18.7 Å². The largest absolute Gasteiger partial charge is 0.383 e. The molecule has 6 heteroatoms. The van der Waals surface area contributed by atoms with Gasteiger partial charge in [-0.1, -0.05) is 30.3 Å². The smallest absolute Gasteiger partial charge is 0.228 e. The van der Waals surface area contributed by atoms with Crippen molar-refractivity contribution >= 4 is 22.8 Å². The monoisotopic (exact) mass is 350 g/mol. The summed E-state index contributed by atoms with van der Waals surface area (Å²) in [6, 6.07) is 10.2. The maximum atomic E-state index is 6.50. The van der Waals surface area contributed by atoms with Crippen molar-refractivity contribution in [3.8, 4) is 11.3 Å². The van der Waals surface area contributed by atoms with Crippen molar-refractivity contribution in [2.75, 3.05) is 23.7 Å². The molecule has 0 aliphatic carbocycles. The minimum absolute atomic E-state index is 0.218. The van der Waals surface area contributed by atoms with Crippen molar-refractivity contribution < 1.29 is 0 Å². The van der Waals surface area contributed by atoms with Gasteiger partial charge in [-0.2, -0.15) is 4.98 Å². The highest BCUT2D eigenvalue weighted by molar-refractivity contribution is 5.99. The van der Waals surface area contributed by atoms with E-state index < -0.39 is 0 Å². The van der Waals surface area contributed by atoms with E-state index in [2.05, 4.69) is 37.8 Å². The quantitative estimate of drug-likeness (QED) is 0.760. The lowest BCUT2D eigenvalue weighted by Crippen LogP contribution is -2.31. The molecule has 4 rings (SSSR count). The van der Waals surface area contributed by atoms with Crippen LogP contribution in [-0.4, -0.2) is 32.8 Å². The fourth-order valence-corrected chi connectivity index (χ4v) is 3.55. The molecule has 1 fully saturated rings. The third-order valence-electron chi connectivity index (χ3n) is 4.88. The topological polar surface area (TPSA) is 72.9 Å². The molecule has 1 aliphatic rings. The fourth-order valence-electron chi connectivity index (χ4n) is 3.55. The average molecular weight is 350 g/mol. The average Bonchev–Trinajstić information content (AvgIpc) is 3.00. The second-order valence-corrected chi connectivity index (χ2v) is 7.95. The Morgan fingerprint density at radius 2 is 1.65 bits per heavy atom. The number of anilines is 2. The molecule has 26 heavy (non-hydrogen) atoms. The summed E-state index contributed by atoms with van der Waals surface area (Å²) in [5, 5.41) is 5.58. The van der Waals surface area contributed by atoms with E-state index in [-0.39, 0.29) is 5.54 Å². The van der Waals surface area contributed by atoms with Gasteiger partial charge in [0.15, 0.2) is 5.65 Å². The normalized spacial score (nSPS) is 15.6. The van der Waals surface area contributed by atoms with Gasteiger partial charge in [0.05, 0.1) is 16.6 Å². The summed E-state index contributed by atoms with van der Waals surface area (Å²) in [4.78, 5) is 12.0. The Hall–Kier alpha value is -2.63. The maximum absolute atomic E-state index is 6.50. The Bertz CT molecular complexity index is 917. The molecule has 0 radical (unpaired) electrons. The van der Waals surface area contributed by atoms with Crippen LogP contribution in [0.3, 0.4) is 0 Å². The van der Waals surface area contributed by atoms with Crippen molar-refractivity contribution in [3.63, 3.8) is 0 Å². The highest BCUT2D eigenvalue weighted by Crippen LogP contribution is 2.34. The Morgan fingerprint density at radius 3 is 2.31 bits per heavy atom. The van der Waals surface area contributed by atoms with E-state index in [0.29, 0.717) is 11.5 Å². The van der Waals surface area contributed by atoms with Gasteiger partial charge in [-0.25, -0.2) is 9.67 Å². The highest BCUT2D eigenvalue weighted by Gasteiger charge is 2.25. The molecule has 2 N–H and O–H groups in total. The van der Waals surface area contributed by atoms with Crippen LogP contribution in [0.15, 0.2) is 30.3 Å². The number of benzene rings is 1. The summed E-state index contributed by atoms with van der Waals surface area (Å²) in [5.41, 5.74) is 8.86. The van der Waals surface area contributed by atoms with E-state index >= 15 is 0 Å². The van der Waals surface area contributed by atoms with Crippen molar-refractivity contribution in [1.82, 2.24) is 19.7 Å². The van der Waals surface area contributed by atoms with Crippen LogP contribution >= 0.6 is 0 Å². The molecule has 6 nitrogen and oxygen atoms in total. The predicted molar refractivity (Wildman–Crippen MR) is 106 cm³/mol. The standard InChI is InChI=1S/C20H26N6/c1-20(2,3)26-17(21)15-16(14-10-6-4-7-11-14)22-19(23-18(15)24-26)25-12-8-5-9-13-25/h4,6-7,10-11H,5,8-9,12-13,21H2,1-3H3. The third-order valence-corrected chi connectivity index (χ3v) is 4.88. The van der Waals surface area contributed by atoms with E-state index in [0.717, 1.165) is 35.7 Å². The second kappa shape index (κ2) is 6.27. The molecule has 136 valence electrons. The Balaban J connectivity index is 1.96. The lowest BCUT2D eigenvalue weighted by atomic mass is 10.1. The predicted octanol–water partition coefficient (Wildman–Crippen LogP) is 3.82. The van der Waals surface area contributed by atoms with Crippen LogP contribution in [0.5, 0.6) is 0 Å². The van der Waals surface area contributed by atoms with Crippen molar-refractivity contribution in [2.24, 2.45) is 0 Å². The minimum Gasteiger partial charge on any atom is -0.383 e. The van der Waals surface area contributed by atoms with Gasteiger partial charge < -0.3 is 10.6 Å². The van der Waals surface area contributed by atoms with Gasteiger partial charge in [-0.05, 0) is 40.0 Å². The van der Waals surface area contributed by atoms with Gasteiger partial charge >= 0.3 is 0 Å². The zero-order valence-electron chi connectivity index (χ0n) is 15.7. The molecule has 0 spiro atoms. The van der Waals surface area contributed by atoms with Gasteiger partial charge in [0.1, 0.15) is 5.82 Å². The number of hydrogen-bond acceptors (Lipinski definition) is 5. The number of nitrogens with zero attached hydrogens (tertiary/aromatic N) is 5. The van der Waals surface area contributed by atoms with Crippen LogP contribution in [0.1, 0.15) is 40.0 Å².